The Balaban J connectivity index is 1.95. The van der Waals surface area contributed by atoms with E-state index in [0.29, 0.717) is 43.7 Å². The Morgan fingerprint density at radius 1 is 1.43 bits per heavy atom. The summed E-state index contributed by atoms with van der Waals surface area (Å²) in [7, 11) is 0. The minimum absolute atomic E-state index is 0.196. The van der Waals surface area contributed by atoms with Crippen LogP contribution in [-0.4, -0.2) is 30.8 Å². The van der Waals surface area contributed by atoms with Gasteiger partial charge in [0.25, 0.3) is 0 Å². The lowest BCUT2D eigenvalue weighted by molar-refractivity contribution is -0.142. The number of carbonyl (C=O) groups is 1. The first kappa shape index (κ1) is 15.6. The monoisotopic (exact) mass is 289 g/mol. The van der Waals surface area contributed by atoms with Crippen LogP contribution in [0.2, 0.25) is 0 Å². The Morgan fingerprint density at radius 3 is 3.00 bits per heavy atom. The van der Waals surface area contributed by atoms with Gasteiger partial charge in [-0.1, -0.05) is 31.2 Å². The predicted octanol–water partition coefficient (Wildman–Crippen LogP) is 2.66. The number of hydrogen-bond acceptors (Lipinski definition) is 4. The van der Waals surface area contributed by atoms with Crippen molar-refractivity contribution in [2.24, 2.45) is 11.8 Å². The van der Waals surface area contributed by atoms with Crippen molar-refractivity contribution in [3.05, 3.63) is 47.3 Å². The summed E-state index contributed by atoms with van der Waals surface area (Å²) < 4.78 is 4.88. The SMILES string of the molecule is CCOC(=O)CCNCC1=C2C=CC=CC2C(C)C=C1O. The summed E-state index contributed by atoms with van der Waals surface area (Å²) in [6.07, 6.45) is 10.5. The molecule has 0 amide bonds. The van der Waals surface area contributed by atoms with Crippen molar-refractivity contribution < 1.29 is 14.6 Å². The third kappa shape index (κ3) is 3.85. The van der Waals surface area contributed by atoms with Crippen molar-refractivity contribution in [3.8, 4) is 0 Å². The summed E-state index contributed by atoms with van der Waals surface area (Å²) in [6, 6.07) is 0. The van der Waals surface area contributed by atoms with Gasteiger partial charge < -0.3 is 15.2 Å². The smallest absolute Gasteiger partial charge is 0.307 e. The molecule has 0 saturated heterocycles. The molecule has 0 aromatic heterocycles. The van der Waals surface area contributed by atoms with Gasteiger partial charge in [-0.05, 0) is 24.5 Å². The number of rotatable bonds is 6. The first-order valence-electron chi connectivity index (χ1n) is 7.49. The van der Waals surface area contributed by atoms with Gasteiger partial charge >= 0.3 is 5.97 Å². The molecule has 4 nitrogen and oxygen atoms in total. The Bertz CT molecular complexity index is 514. The quantitative estimate of drug-likeness (QED) is 0.583. The number of aliphatic hydroxyl groups is 1. The van der Waals surface area contributed by atoms with Crippen molar-refractivity contribution in [1.82, 2.24) is 5.32 Å². The summed E-state index contributed by atoms with van der Waals surface area (Å²) >= 11 is 0. The molecule has 0 heterocycles. The molecule has 2 unspecified atom stereocenters. The highest BCUT2D eigenvalue weighted by atomic mass is 16.5. The second kappa shape index (κ2) is 7.27. The highest BCUT2D eigenvalue weighted by molar-refractivity contribution is 5.69. The summed E-state index contributed by atoms with van der Waals surface area (Å²) in [5.41, 5.74) is 2.08. The van der Waals surface area contributed by atoms with Crippen LogP contribution in [0.4, 0.5) is 0 Å². The van der Waals surface area contributed by atoms with E-state index in [1.54, 1.807) is 6.92 Å². The van der Waals surface area contributed by atoms with Crippen molar-refractivity contribution in [1.29, 1.82) is 0 Å². The van der Waals surface area contributed by atoms with Gasteiger partial charge in [-0.15, -0.1) is 0 Å². The minimum atomic E-state index is -0.196. The Kier molecular flexibility index (Phi) is 5.39. The van der Waals surface area contributed by atoms with Crippen LogP contribution in [0.5, 0.6) is 0 Å². The molecule has 0 bridgehead atoms. The van der Waals surface area contributed by atoms with E-state index >= 15 is 0 Å². The Labute approximate surface area is 125 Å². The van der Waals surface area contributed by atoms with Crippen LogP contribution in [0.15, 0.2) is 47.3 Å². The highest BCUT2D eigenvalue weighted by Gasteiger charge is 2.27. The van der Waals surface area contributed by atoms with Crippen LogP contribution in [-0.2, 0) is 9.53 Å². The molecule has 114 valence electrons. The van der Waals surface area contributed by atoms with Crippen LogP contribution in [0, 0.1) is 11.8 Å². The number of fused-ring (bicyclic) bond motifs is 1. The molecule has 0 aliphatic heterocycles. The topological polar surface area (TPSA) is 58.6 Å². The fraction of sp³-hybridized carbons (Fsp3) is 0.471. The van der Waals surface area contributed by atoms with Crippen LogP contribution in [0.25, 0.3) is 0 Å². The van der Waals surface area contributed by atoms with Crippen molar-refractivity contribution in [2.45, 2.75) is 20.3 Å². The molecule has 2 rings (SSSR count). The fourth-order valence-electron chi connectivity index (χ4n) is 2.75. The molecular weight excluding hydrogens is 266 g/mol. The largest absolute Gasteiger partial charge is 0.508 e. The molecule has 0 radical (unpaired) electrons. The van der Waals surface area contributed by atoms with Crippen LogP contribution in [0.1, 0.15) is 20.3 Å². The van der Waals surface area contributed by atoms with E-state index < -0.39 is 0 Å². The second-order valence-electron chi connectivity index (χ2n) is 5.35. The first-order chi connectivity index (χ1) is 10.1. The van der Waals surface area contributed by atoms with Crippen molar-refractivity contribution in [2.75, 3.05) is 19.7 Å². The minimum Gasteiger partial charge on any atom is -0.508 e. The molecule has 2 atom stereocenters. The molecule has 0 saturated carbocycles. The van der Waals surface area contributed by atoms with E-state index in [1.165, 1.54) is 0 Å². The summed E-state index contributed by atoms with van der Waals surface area (Å²) in [5.74, 6) is 0.771. The van der Waals surface area contributed by atoms with E-state index in [2.05, 4.69) is 24.4 Å². The van der Waals surface area contributed by atoms with E-state index in [9.17, 15) is 9.90 Å². The van der Waals surface area contributed by atoms with E-state index in [1.807, 2.05) is 18.2 Å². The zero-order valence-electron chi connectivity index (χ0n) is 12.6. The fourth-order valence-corrected chi connectivity index (χ4v) is 2.75. The lowest BCUT2D eigenvalue weighted by Gasteiger charge is -2.29. The van der Waals surface area contributed by atoms with Gasteiger partial charge in [0.2, 0.25) is 0 Å². The molecule has 0 fully saturated rings. The average Bonchev–Trinajstić information content (AvgIpc) is 2.46. The molecule has 4 heteroatoms. The third-order valence-electron chi connectivity index (χ3n) is 3.82. The predicted molar refractivity (Wildman–Crippen MR) is 82.8 cm³/mol. The van der Waals surface area contributed by atoms with Gasteiger partial charge in [0, 0.05) is 24.6 Å². The van der Waals surface area contributed by atoms with E-state index in [4.69, 9.17) is 4.74 Å². The molecule has 2 N–H and O–H groups in total. The molecule has 0 aromatic rings. The van der Waals surface area contributed by atoms with Gasteiger partial charge in [0.05, 0.1) is 13.0 Å². The number of esters is 1. The van der Waals surface area contributed by atoms with E-state index in [0.717, 1.165) is 11.1 Å². The van der Waals surface area contributed by atoms with E-state index in [-0.39, 0.29) is 5.97 Å². The van der Waals surface area contributed by atoms with Crippen LogP contribution < -0.4 is 5.32 Å². The van der Waals surface area contributed by atoms with Crippen molar-refractivity contribution in [3.63, 3.8) is 0 Å². The van der Waals surface area contributed by atoms with Gasteiger partial charge in [-0.3, -0.25) is 4.79 Å². The summed E-state index contributed by atoms with van der Waals surface area (Å²) in [4.78, 5) is 11.3. The number of nitrogens with one attached hydrogen (secondary N) is 1. The number of ether oxygens (including phenoxy) is 1. The zero-order valence-corrected chi connectivity index (χ0v) is 12.6. The highest BCUT2D eigenvalue weighted by Crippen LogP contribution is 2.36. The van der Waals surface area contributed by atoms with Gasteiger partial charge in [0.1, 0.15) is 5.76 Å². The maximum Gasteiger partial charge on any atom is 0.307 e. The first-order valence-corrected chi connectivity index (χ1v) is 7.49. The zero-order chi connectivity index (χ0) is 15.2. The summed E-state index contributed by atoms with van der Waals surface area (Å²) in [6.45, 7) is 5.41. The second-order valence-corrected chi connectivity index (χ2v) is 5.35. The molecule has 21 heavy (non-hydrogen) atoms. The molecular formula is C17H23NO3. The lowest BCUT2D eigenvalue weighted by Crippen LogP contribution is -2.27. The van der Waals surface area contributed by atoms with Gasteiger partial charge in [-0.25, -0.2) is 0 Å². The molecule has 0 aromatic carbocycles. The Hall–Kier alpha value is -1.81. The molecule has 2 aliphatic rings. The van der Waals surface area contributed by atoms with Crippen LogP contribution in [0.3, 0.4) is 0 Å². The van der Waals surface area contributed by atoms with Gasteiger partial charge in [-0.2, -0.15) is 0 Å². The number of aliphatic hydroxyl groups excluding tert-OH is 1. The normalized spacial score (nSPS) is 23.8. The number of allylic oxidation sites excluding steroid dienone is 6. The number of hydrogen-bond donors (Lipinski definition) is 2. The Morgan fingerprint density at radius 2 is 2.24 bits per heavy atom. The third-order valence-corrected chi connectivity index (χ3v) is 3.82. The van der Waals surface area contributed by atoms with Gasteiger partial charge in [0.15, 0.2) is 0 Å². The summed E-state index contributed by atoms with van der Waals surface area (Å²) in [5, 5.41) is 13.4. The van der Waals surface area contributed by atoms with Crippen molar-refractivity contribution >= 4 is 5.97 Å². The number of carbonyl (C=O) groups excluding carboxylic acids is 1. The lowest BCUT2D eigenvalue weighted by atomic mass is 9.77. The van der Waals surface area contributed by atoms with Crippen LogP contribution >= 0.6 is 0 Å². The maximum absolute atomic E-state index is 11.3. The molecule has 2 aliphatic carbocycles. The maximum atomic E-state index is 11.3. The molecule has 0 spiro atoms. The average molecular weight is 289 g/mol. The standard InChI is InChI=1S/C17H23NO3/c1-3-21-17(20)8-9-18-11-15-14-7-5-4-6-13(14)12(2)10-16(15)19/h4-7,10,12-13,18-19H,3,8-9,11H2,1-2H3.